The Morgan fingerprint density at radius 1 is 1.13 bits per heavy atom. The number of carbonyl (C=O) groups excluding carboxylic acids is 2. The van der Waals surface area contributed by atoms with Crippen LogP contribution in [-0.2, 0) is 26.2 Å². The topological polar surface area (TPSA) is 86.8 Å². The molecule has 0 radical (unpaired) electrons. The van der Waals surface area contributed by atoms with Crippen molar-refractivity contribution in [3.63, 3.8) is 0 Å². The summed E-state index contributed by atoms with van der Waals surface area (Å²) in [5.41, 5.74) is 1.88. The average Bonchev–Trinajstić information content (AvgIpc) is 2.71. The average molecular weight is 486 g/mol. The zero-order chi connectivity index (χ0) is 23.3. The van der Waals surface area contributed by atoms with E-state index in [0.717, 1.165) is 21.7 Å². The van der Waals surface area contributed by atoms with E-state index in [1.54, 1.807) is 6.92 Å². The molecule has 0 aromatic heterocycles. The van der Waals surface area contributed by atoms with Crippen molar-refractivity contribution in [1.29, 1.82) is 0 Å². The molecule has 2 aromatic rings. The summed E-state index contributed by atoms with van der Waals surface area (Å²) in [7, 11) is -2.40. The van der Waals surface area contributed by atoms with E-state index in [0.29, 0.717) is 0 Å². The van der Waals surface area contributed by atoms with Crippen LogP contribution in [-0.4, -0.2) is 51.0 Å². The molecule has 1 atom stereocenters. The van der Waals surface area contributed by atoms with Gasteiger partial charge in [-0.25, -0.2) is 8.42 Å². The molecule has 1 unspecified atom stereocenters. The summed E-state index contributed by atoms with van der Waals surface area (Å²) < 4.78 is 25.9. The van der Waals surface area contributed by atoms with E-state index in [1.807, 2.05) is 31.2 Å². The van der Waals surface area contributed by atoms with Gasteiger partial charge in [0, 0.05) is 18.6 Å². The number of sulfonamides is 1. The molecule has 0 fully saturated rings. The van der Waals surface area contributed by atoms with Gasteiger partial charge in [-0.3, -0.25) is 13.9 Å². The first-order valence-electron chi connectivity index (χ1n) is 9.44. The van der Waals surface area contributed by atoms with Gasteiger partial charge in [0.1, 0.15) is 12.6 Å². The van der Waals surface area contributed by atoms with E-state index < -0.39 is 28.5 Å². The first-order chi connectivity index (χ1) is 14.5. The lowest BCUT2D eigenvalue weighted by atomic mass is 10.1. The van der Waals surface area contributed by atoms with Gasteiger partial charge in [-0.1, -0.05) is 47.5 Å². The van der Waals surface area contributed by atoms with Gasteiger partial charge >= 0.3 is 0 Å². The Kier molecular flexibility index (Phi) is 8.34. The van der Waals surface area contributed by atoms with E-state index in [9.17, 15) is 18.0 Å². The Morgan fingerprint density at radius 2 is 1.77 bits per heavy atom. The van der Waals surface area contributed by atoms with Crippen LogP contribution >= 0.6 is 23.2 Å². The third kappa shape index (κ3) is 6.35. The highest BCUT2D eigenvalue weighted by atomic mass is 35.5. The molecule has 2 rings (SSSR count). The maximum Gasteiger partial charge on any atom is 0.244 e. The number of nitrogens with zero attached hydrogens (tertiary/aromatic N) is 2. The van der Waals surface area contributed by atoms with E-state index in [2.05, 4.69) is 5.32 Å². The van der Waals surface area contributed by atoms with Crippen LogP contribution in [0.2, 0.25) is 10.0 Å². The number of rotatable bonds is 8. The van der Waals surface area contributed by atoms with E-state index >= 15 is 0 Å². The van der Waals surface area contributed by atoms with Crippen LogP contribution in [0.1, 0.15) is 18.1 Å². The third-order valence-corrected chi connectivity index (χ3v) is 6.55. The number of carbonyl (C=O) groups is 2. The van der Waals surface area contributed by atoms with Crippen molar-refractivity contribution in [3.05, 3.63) is 63.6 Å². The molecule has 31 heavy (non-hydrogen) atoms. The van der Waals surface area contributed by atoms with Gasteiger partial charge in [-0.15, -0.1) is 0 Å². The Hall–Kier alpha value is -2.29. The van der Waals surface area contributed by atoms with Crippen molar-refractivity contribution in [1.82, 2.24) is 10.2 Å². The molecule has 0 aliphatic carbocycles. The number of aryl methyl sites for hydroxylation is 1. The van der Waals surface area contributed by atoms with Crippen molar-refractivity contribution in [3.8, 4) is 0 Å². The summed E-state index contributed by atoms with van der Waals surface area (Å²) in [6, 6.07) is 11.0. The zero-order valence-electron chi connectivity index (χ0n) is 17.7. The van der Waals surface area contributed by atoms with Gasteiger partial charge in [-0.2, -0.15) is 0 Å². The van der Waals surface area contributed by atoms with Crippen molar-refractivity contribution in [2.24, 2.45) is 0 Å². The number of likely N-dealkylation sites (N-methyl/N-ethyl adjacent to an activating group) is 1. The van der Waals surface area contributed by atoms with Crippen LogP contribution in [0.3, 0.4) is 0 Å². The molecule has 2 amide bonds. The molecule has 0 aliphatic heterocycles. The smallest absolute Gasteiger partial charge is 0.244 e. The number of amides is 2. The van der Waals surface area contributed by atoms with Crippen molar-refractivity contribution < 1.29 is 18.0 Å². The molecule has 0 saturated heterocycles. The number of hydrogen-bond donors (Lipinski definition) is 1. The molecule has 168 valence electrons. The molecular formula is C21H25Cl2N3O4S. The van der Waals surface area contributed by atoms with Gasteiger partial charge in [0.05, 0.1) is 17.0 Å². The van der Waals surface area contributed by atoms with Crippen LogP contribution in [0, 0.1) is 6.92 Å². The second kappa shape index (κ2) is 10.3. The predicted octanol–water partition coefficient (Wildman–Crippen LogP) is 3.23. The van der Waals surface area contributed by atoms with Crippen LogP contribution in [0.5, 0.6) is 0 Å². The number of benzene rings is 2. The number of halogens is 2. The summed E-state index contributed by atoms with van der Waals surface area (Å²) in [5.74, 6) is -0.922. The third-order valence-electron chi connectivity index (χ3n) is 4.87. The molecule has 0 saturated carbocycles. The van der Waals surface area contributed by atoms with Crippen molar-refractivity contribution >= 4 is 50.7 Å². The van der Waals surface area contributed by atoms with Crippen molar-refractivity contribution in [2.75, 3.05) is 24.2 Å². The quantitative estimate of drug-likeness (QED) is 0.621. The summed E-state index contributed by atoms with van der Waals surface area (Å²) in [5, 5.41) is 2.94. The molecule has 0 heterocycles. The molecule has 1 N–H and O–H groups in total. The monoisotopic (exact) mass is 485 g/mol. The van der Waals surface area contributed by atoms with E-state index in [4.69, 9.17) is 23.2 Å². The Morgan fingerprint density at radius 3 is 2.35 bits per heavy atom. The summed E-state index contributed by atoms with van der Waals surface area (Å²) in [6.45, 7) is 3.09. The highest BCUT2D eigenvalue weighted by molar-refractivity contribution is 7.92. The zero-order valence-corrected chi connectivity index (χ0v) is 20.1. The summed E-state index contributed by atoms with van der Waals surface area (Å²) in [4.78, 5) is 27.0. The highest BCUT2D eigenvalue weighted by Gasteiger charge is 2.30. The lowest BCUT2D eigenvalue weighted by molar-refractivity contribution is -0.139. The number of hydrogen-bond acceptors (Lipinski definition) is 4. The Labute approximate surface area is 193 Å². The molecule has 7 nitrogen and oxygen atoms in total. The Balaban J connectivity index is 2.45. The molecule has 0 spiro atoms. The lowest BCUT2D eigenvalue weighted by Gasteiger charge is -2.31. The molecule has 0 aliphatic rings. The van der Waals surface area contributed by atoms with Crippen LogP contribution < -0.4 is 9.62 Å². The van der Waals surface area contributed by atoms with Crippen LogP contribution in [0.4, 0.5) is 5.69 Å². The summed E-state index contributed by atoms with van der Waals surface area (Å²) >= 11 is 12.2. The molecular weight excluding hydrogens is 461 g/mol. The first kappa shape index (κ1) is 25.0. The summed E-state index contributed by atoms with van der Waals surface area (Å²) in [6.07, 6.45) is 0.978. The number of anilines is 1. The minimum absolute atomic E-state index is 0.0912. The minimum atomic E-state index is -3.88. The lowest BCUT2D eigenvalue weighted by Crippen LogP contribution is -2.50. The second-order valence-corrected chi connectivity index (χ2v) is 9.85. The van der Waals surface area contributed by atoms with Crippen LogP contribution in [0.15, 0.2) is 42.5 Å². The van der Waals surface area contributed by atoms with E-state index in [-0.39, 0.29) is 28.2 Å². The van der Waals surface area contributed by atoms with Crippen LogP contribution in [0.25, 0.3) is 0 Å². The van der Waals surface area contributed by atoms with Gasteiger partial charge in [-0.05, 0) is 43.2 Å². The van der Waals surface area contributed by atoms with Crippen molar-refractivity contribution in [2.45, 2.75) is 26.4 Å². The maximum atomic E-state index is 13.3. The number of nitrogens with one attached hydrogen (secondary N) is 1. The molecule has 0 bridgehead atoms. The SMILES string of the molecule is CNC(=O)C(C)N(Cc1ccccc1C)C(=O)CN(c1cc(Cl)ccc1Cl)S(C)(=O)=O. The predicted molar refractivity (Wildman–Crippen MR) is 124 cm³/mol. The maximum absolute atomic E-state index is 13.3. The minimum Gasteiger partial charge on any atom is -0.357 e. The Bertz CT molecular complexity index is 1080. The fraction of sp³-hybridized carbons (Fsp3) is 0.333. The normalized spacial score (nSPS) is 12.2. The highest BCUT2D eigenvalue weighted by Crippen LogP contribution is 2.31. The van der Waals surface area contributed by atoms with E-state index in [1.165, 1.54) is 30.1 Å². The fourth-order valence-electron chi connectivity index (χ4n) is 3.03. The standard InChI is InChI=1S/C21H25Cl2N3O4S/c1-14-7-5-6-8-16(14)12-25(15(2)21(28)24-3)20(27)13-26(31(4,29)30)19-11-17(22)9-10-18(19)23/h5-11,15H,12-13H2,1-4H3,(H,24,28). The molecule has 10 heteroatoms. The van der Waals surface area contributed by atoms with Gasteiger partial charge in [0.2, 0.25) is 21.8 Å². The van der Waals surface area contributed by atoms with Gasteiger partial charge in [0.25, 0.3) is 0 Å². The van der Waals surface area contributed by atoms with Gasteiger partial charge in [0.15, 0.2) is 0 Å². The van der Waals surface area contributed by atoms with Gasteiger partial charge < -0.3 is 10.2 Å². The molecule has 2 aromatic carbocycles. The first-order valence-corrected chi connectivity index (χ1v) is 12.0. The largest absolute Gasteiger partial charge is 0.357 e. The second-order valence-electron chi connectivity index (χ2n) is 7.10. The fourth-order valence-corrected chi connectivity index (χ4v) is 4.32.